The summed E-state index contributed by atoms with van der Waals surface area (Å²) in [6, 6.07) is 12.5. The van der Waals surface area contributed by atoms with Crippen molar-refractivity contribution in [3.05, 3.63) is 58.0 Å². The number of aromatic nitrogens is 3. The molecule has 0 spiro atoms. The topological polar surface area (TPSA) is 64.7 Å². The van der Waals surface area contributed by atoms with Crippen LogP contribution in [0, 0.1) is 9.39 Å². The second-order valence-corrected chi connectivity index (χ2v) is 5.40. The van der Waals surface area contributed by atoms with E-state index in [1.54, 1.807) is 0 Å². The maximum atomic E-state index is 13.0. The van der Waals surface area contributed by atoms with Gasteiger partial charge in [-0.15, -0.1) is 0 Å². The van der Waals surface area contributed by atoms with Crippen molar-refractivity contribution in [2.75, 3.05) is 5.73 Å². The molecule has 0 amide bonds. The Morgan fingerprint density at radius 2 is 1.76 bits per heavy atom. The van der Waals surface area contributed by atoms with E-state index >= 15 is 0 Å². The molecule has 0 atom stereocenters. The summed E-state index contributed by atoms with van der Waals surface area (Å²) in [5.74, 6) is 0.359. The van der Waals surface area contributed by atoms with Crippen LogP contribution in [-0.4, -0.2) is 15.0 Å². The lowest BCUT2D eigenvalue weighted by Gasteiger charge is -2.09. The van der Waals surface area contributed by atoms with E-state index in [0.717, 1.165) is 21.0 Å². The molecule has 21 heavy (non-hydrogen) atoms. The smallest absolute Gasteiger partial charge is 0.180 e. The van der Waals surface area contributed by atoms with Gasteiger partial charge in [-0.25, -0.2) is 19.3 Å². The summed E-state index contributed by atoms with van der Waals surface area (Å²) in [5.41, 5.74) is 8.13. The molecule has 104 valence electrons. The van der Waals surface area contributed by atoms with Gasteiger partial charge in [-0.2, -0.15) is 0 Å². The predicted octanol–water partition coefficient (Wildman–Crippen LogP) is 3.53. The molecule has 0 bridgehead atoms. The lowest BCUT2D eigenvalue weighted by atomic mass is 10.1. The van der Waals surface area contributed by atoms with E-state index in [9.17, 15) is 4.39 Å². The highest BCUT2D eigenvalue weighted by atomic mass is 127. The largest absolute Gasteiger partial charge is 0.383 e. The van der Waals surface area contributed by atoms with Crippen molar-refractivity contribution in [1.82, 2.24) is 15.0 Å². The maximum absolute atomic E-state index is 13.0. The number of nitrogens with zero attached hydrogens (tertiary/aromatic N) is 3. The molecule has 4 nitrogen and oxygen atoms in total. The van der Waals surface area contributed by atoms with E-state index in [4.69, 9.17) is 5.73 Å². The minimum Gasteiger partial charge on any atom is -0.383 e. The average Bonchev–Trinajstić information content (AvgIpc) is 2.51. The van der Waals surface area contributed by atoms with Gasteiger partial charge >= 0.3 is 0 Å². The van der Waals surface area contributed by atoms with Crippen molar-refractivity contribution in [3.63, 3.8) is 0 Å². The second-order valence-electron chi connectivity index (χ2n) is 4.32. The van der Waals surface area contributed by atoms with Crippen LogP contribution in [0.2, 0.25) is 0 Å². The van der Waals surface area contributed by atoms with Crippen LogP contribution in [0.5, 0.6) is 0 Å². The number of hydrogen-bond donors (Lipinski definition) is 1. The third-order valence-corrected chi connectivity index (χ3v) is 3.94. The molecular weight excluding hydrogens is 382 g/mol. The molecule has 2 heterocycles. The summed E-state index contributed by atoms with van der Waals surface area (Å²) in [6.07, 6.45) is 1.13. The van der Waals surface area contributed by atoms with E-state index in [1.807, 2.05) is 30.3 Å². The molecular formula is C15H10FIN4. The van der Waals surface area contributed by atoms with Crippen LogP contribution in [0.15, 0.2) is 48.7 Å². The van der Waals surface area contributed by atoms with Crippen molar-refractivity contribution in [2.45, 2.75) is 0 Å². The number of nitrogens with two attached hydrogens (primary N) is 1. The normalized spacial score (nSPS) is 10.6. The lowest BCUT2D eigenvalue weighted by Crippen LogP contribution is -2.03. The summed E-state index contributed by atoms with van der Waals surface area (Å²) in [6.45, 7) is 0. The standard InChI is InChI=1S/C15H10FIN4/c16-10-6-7-11(19-8-10)15-20-13(12(17)14(18)21-15)9-4-2-1-3-5-9/h1-8H,(H2,18,20,21). The molecule has 2 N–H and O–H groups in total. The van der Waals surface area contributed by atoms with E-state index in [2.05, 4.69) is 37.5 Å². The second kappa shape index (κ2) is 5.72. The van der Waals surface area contributed by atoms with Crippen LogP contribution >= 0.6 is 22.6 Å². The molecule has 0 fully saturated rings. The summed E-state index contributed by atoms with van der Waals surface area (Å²) < 4.78 is 13.7. The Morgan fingerprint density at radius 1 is 1.00 bits per heavy atom. The van der Waals surface area contributed by atoms with Crippen LogP contribution in [0.25, 0.3) is 22.8 Å². The van der Waals surface area contributed by atoms with Crippen molar-refractivity contribution < 1.29 is 4.39 Å². The van der Waals surface area contributed by atoms with E-state index in [-0.39, 0.29) is 0 Å². The molecule has 0 aliphatic rings. The first-order valence-corrected chi connectivity index (χ1v) is 7.23. The number of anilines is 1. The first kappa shape index (κ1) is 13.9. The fourth-order valence-electron chi connectivity index (χ4n) is 1.87. The number of hydrogen-bond acceptors (Lipinski definition) is 4. The molecule has 2 aromatic heterocycles. The van der Waals surface area contributed by atoms with Crippen LogP contribution in [0.3, 0.4) is 0 Å². The Balaban J connectivity index is 2.16. The number of benzene rings is 1. The lowest BCUT2D eigenvalue weighted by molar-refractivity contribution is 0.621. The Kier molecular flexibility index (Phi) is 3.78. The minimum absolute atomic E-state index is 0.380. The Labute approximate surface area is 134 Å². The molecule has 3 rings (SSSR count). The van der Waals surface area contributed by atoms with Gasteiger partial charge in [0.1, 0.15) is 17.3 Å². The molecule has 3 aromatic rings. The molecule has 0 unspecified atom stereocenters. The zero-order valence-corrected chi connectivity index (χ0v) is 13.0. The predicted molar refractivity (Wildman–Crippen MR) is 87.8 cm³/mol. The third-order valence-electron chi connectivity index (χ3n) is 2.88. The van der Waals surface area contributed by atoms with Gasteiger partial charge < -0.3 is 5.73 Å². The number of rotatable bonds is 2. The fraction of sp³-hybridized carbons (Fsp3) is 0. The minimum atomic E-state index is -0.402. The van der Waals surface area contributed by atoms with Gasteiger partial charge in [0.15, 0.2) is 5.82 Å². The summed E-state index contributed by atoms with van der Waals surface area (Å²) in [4.78, 5) is 12.7. The van der Waals surface area contributed by atoms with Gasteiger partial charge in [-0.3, -0.25) is 0 Å². The average molecular weight is 392 g/mol. The number of nitrogen functional groups attached to an aromatic ring is 1. The van der Waals surface area contributed by atoms with Gasteiger partial charge in [-0.1, -0.05) is 30.3 Å². The van der Waals surface area contributed by atoms with E-state index in [0.29, 0.717) is 17.3 Å². The first-order valence-electron chi connectivity index (χ1n) is 6.15. The quantitative estimate of drug-likeness (QED) is 0.678. The zero-order chi connectivity index (χ0) is 14.8. The summed E-state index contributed by atoms with van der Waals surface area (Å²) >= 11 is 2.12. The monoisotopic (exact) mass is 392 g/mol. The van der Waals surface area contributed by atoms with E-state index in [1.165, 1.54) is 12.1 Å². The van der Waals surface area contributed by atoms with Crippen molar-refractivity contribution in [3.8, 4) is 22.8 Å². The maximum Gasteiger partial charge on any atom is 0.180 e. The van der Waals surface area contributed by atoms with Crippen LogP contribution in [0.1, 0.15) is 0 Å². The molecule has 0 aliphatic heterocycles. The van der Waals surface area contributed by atoms with Gasteiger partial charge in [0, 0.05) is 5.56 Å². The van der Waals surface area contributed by atoms with Crippen molar-refractivity contribution in [2.24, 2.45) is 0 Å². The Morgan fingerprint density at radius 3 is 2.43 bits per heavy atom. The van der Waals surface area contributed by atoms with Crippen molar-refractivity contribution in [1.29, 1.82) is 0 Å². The molecule has 0 saturated carbocycles. The molecule has 0 saturated heterocycles. The highest BCUT2D eigenvalue weighted by molar-refractivity contribution is 14.1. The molecule has 1 aromatic carbocycles. The van der Waals surface area contributed by atoms with Gasteiger partial charge in [0.25, 0.3) is 0 Å². The molecule has 6 heteroatoms. The van der Waals surface area contributed by atoms with Crippen molar-refractivity contribution >= 4 is 28.4 Å². The Bertz CT molecular complexity index is 776. The first-order chi connectivity index (χ1) is 10.1. The van der Waals surface area contributed by atoms with Crippen LogP contribution in [0.4, 0.5) is 10.2 Å². The highest BCUT2D eigenvalue weighted by Gasteiger charge is 2.13. The number of halogens is 2. The van der Waals surface area contributed by atoms with Crippen LogP contribution in [-0.2, 0) is 0 Å². The summed E-state index contributed by atoms with van der Waals surface area (Å²) in [7, 11) is 0. The molecule has 0 radical (unpaired) electrons. The summed E-state index contributed by atoms with van der Waals surface area (Å²) in [5, 5.41) is 0. The third kappa shape index (κ3) is 2.85. The fourth-order valence-corrected chi connectivity index (χ4v) is 2.43. The zero-order valence-electron chi connectivity index (χ0n) is 10.8. The number of pyridine rings is 1. The Hall–Kier alpha value is -2.09. The molecule has 0 aliphatic carbocycles. The van der Waals surface area contributed by atoms with Gasteiger partial charge in [0.05, 0.1) is 15.5 Å². The highest BCUT2D eigenvalue weighted by Crippen LogP contribution is 2.28. The van der Waals surface area contributed by atoms with Gasteiger partial charge in [-0.05, 0) is 34.7 Å². The van der Waals surface area contributed by atoms with Crippen LogP contribution < -0.4 is 5.73 Å². The van der Waals surface area contributed by atoms with Gasteiger partial charge in [0.2, 0.25) is 0 Å². The SMILES string of the molecule is Nc1nc(-c2ccc(F)cn2)nc(-c2ccccc2)c1I. The van der Waals surface area contributed by atoms with E-state index < -0.39 is 5.82 Å².